The van der Waals surface area contributed by atoms with Crippen LogP contribution >= 0.6 is 11.3 Å². The Morgan fingerprint density at radius 1 is 1.18 bits per heavy atom. The predicted molar refractivity (Wildman–Crippen MR) is 76.6 cm³/mol. The molecule has 17 heavy (non-hydrogen) atoms. The maximum absolute atomic E-state index is 3.44. The highest BCUT2D eigenvalue weighted by atomic mass is 32.1. The molecule has 1 unspecified atom stereocenters. The molecule has 2 rings (SSSR count). The van der Waals surface area contributed by atoms with Gasteiger partial charge in [-0.1, -0.05) is 37.3 Å². The van der Waals surface area contributed by atoms with Crippen molar-refractivity contribution in [2.45, 2.75) is 26.3 Å². The molecular formula is C15H19NS. The molecule has 0 saturated carbocycles. The van der Waals surface area contributed by atoms with Crippen molar-refractivity contribution in [2.24, 2.45) is 0 Å². The fraction of sp³-hybridized carbons (Fsp3) is 0.333. The van der Waals surface area contributed by atoms with E-state index in [1.165, 1.54) is 16.0 Å². The molecule has 0 radical (unpaired) electrons. The van der Waals surface area contributed by atoms with Crippen molar-refractivity contribution < 1.29 is 0 Å². The van der Waals surface area contributed by atoms with Crippen LogP contribution < -0.4 is 5.32 Å². The van der Waals surface area contributed by atoms with Gasteiger partial charge in [-0.2, -0.15) is 0 Å². The molecule has 0 fully saturated rings. The zero-order valence-electron chi connectivity index (χ0n) is 10.4. The Bertz CT molecular complexity index is 430. The van der Waals surface area contributed by atoms with E-state index in [2.05, 4.69) is 60.9 Å². The fourth-order valence-corrected chi connectivity index (χ4v) is 2.76. The average molecular weight is 245 g/mol. The SMILES string of the molecule is CCNC(C)Cc1ccc(-c2cccs2)cc1. The van der Waals surface area contributed by atoms with Crippen molar-refractivity contribution in [1.29, 1.82) is 0 Å². The third kappa shape index (κ3) is 3.42. The lowest BCUT2D eigenvalue weighted by atomic mass is 10.0. The highest BCUT2D eigenvalue weighted by molar-refractivity contribution is 7.13. The lowest BCUT2D eigenvalue weighted by Gasteiger charge is -2.12. The Labute approximate surface area is 108 Å². The number of thiophene rings is 1. The minimum atomic E-state index is 0.549. The predicted octanol–water partition coefficient (Wildman–Crippen LogP) is 3.96. The summed E-state index contributed by atoms with van der Waals surface area (Å²) in [6.07, 6.45) is 1.10. The summed E-state index contributed by atoms with van der Waals surface area (Å²) >= 11 is 1.79. The van der Waals surface area contributed by atoms with Gasteiger partial charge in [0.25, 0.3) is 0 Å². The topological polar surface area (TPSA) is 12.0 Å². The van der Waals surface area contributed by atoms with Crippen LogP contribution in [0.2, 0.25) is 0 Å². The molecule has 1 aromatic carbocycles. The summed E-state index contributed by atoms with van der Waals surface area (Å²) in [6, 6.07) is 13.7. The first-order chi connectivity index (χ1) is 8.29. The summed E-state index contributed by atoms with van der Waals surface area (Å²) in [6.45, 7) is 5.42. The largest absolute Gasteiger partial charge is 0.314 e. The van der Waals surface area contributed by atoms with Crippen molar-refractivity contribution in [2.75, 3.05) is 6.54 Å². The van der Waals surface area contributed by atoms with Crippen molar-refractivity contribution in [1.82, 2.24) is 5.32 Å². The molecule has 0 aliphatic rings. The van der Waals surface area contributed by atoms with Crippen molar-refractivity contribution in [3.8, 4) is 10.4 Å². The monoisotopic (exact) mass is 245 g/mol. The molecule has 1 nitrogen and oxygen atoms in total. The zero-order valence-corrected chi connectivity index (χ0v) is 11.3. The van der Waals surface area contributed by atoms with Crippen LogP contribution in [0.15, 0.2) is 41.8 Å². The van der Waals surface area contributed by atoms with Crippen molar-refractivity contribution >= 4 is 11.3 Å². The molecule has 0 bridgehead atoms. The summed E-state index contributed by atoms with van der Waals surface area (Å²) in [5.74, 6) is 0. The van der Waals surface area contributed by atoms with E-state index in [4.69, 9.17) is 0 Å². The lowest BCUT2D eigenvalue weighted by molar-refractivity contribution is 0.565. The number of rotatable bonds is 5. The number of benzene rings is 1. The Kier molecular flexibility index (Phi) is 4.35. The van der Waals surface area contributed by atoms with Gasteiger partial charge < -0.3 is 5.32 Å². The van der Waals surface area contributed by atoms with Crippen LogP contribution in [0.25, 0.3) is 10.4 Å². The number of hydrogen-bond acceptors (Lipinski definition) is 2. The minimum Gasteiger partial charge on any atom is -0.314 e. The smallest absolute Gasteiger partial charge is 0.0342 e. The van der Waals surface area contributed by atoms with Crippen LogP contribution in [0, 0.1) is 0 Å². The van der Waals surface area contributed by atoms with Crippen LogP contribution in [0.4, 0.5) is 0 Å². The molecule has 0 spiro atoms. The molecular weight excluding hydrogens is 226 g/mol. The van der Waals surface area contributed by atoms with Crippen LogP contribution in [0.5, 0.6) is 0 Å². The van der Waals surface area contributed by atoms with Gasteiger partial charge >= 0.3 is 0 Å². The quantitative estimate of drug-likeness (QED) is 0.841. The standard InChI is InChI=1S/C15H19NS/c1-3-16-12(2)11-13-6-8-14(9-7-13)15-5-4-10-17-15/h4-10,12,16H,3,11H2,1-2H3. The molecule has 2 aromatic rings. The summed E-state index contributed by atoms with van der Waals surface area (Å²) in [4.78, 5) is 1.34. The molecule has 0 aliphatic heterocycles. The lowest BCUT2D eigenvalue weighted by Crippen LogP contribution is -2.27. The molecule has 90 valence electrons. The molecule has 1 heterocycles. The highest BCUT2D eigenvalue weighted by Crippen LogP contribution is 2.24. The van der Waals surface area contributed by atoms with Gasteiger partial charge in [-0.25, -0.2) is 0 Å². The first-order valence-corrected chi connectivity index (χ1v) is 7.03. The normalized spacial score (nSPS) is 12.6. The summed E-state index contributed by atoms with van der Waals surface area (Å²) in [5.41, 5.74) is 2.72. The molecule has 1 atom stereocenters. The number of hydrogen-bond donors (Lipinski definition) is 1. The van der Waals surface area contributed by atoms with E-state index in [0.29, 0.717) is 6.04 Å². The number of nitrogens with one attached hydrogen (secondary N) is 1. The van der Waals surface area contributed by atoms with Gasteiger partial charge in [-0.05, 0) is 42.5 Å². The van der Waals surface area contributed by atoms with Crippen LogP contribution in [0.1, 0.15) is 19.4 Å². The second-order valence-electron chi connectivity index (χ2n) is 4.34. The fourth-order valence-electron chi connectivity index (χ4n) is 2.02. The van der Waals surface area contributed by atoms with Crippen LogP contribution in [-0.2, 0) is 6.42 Å². The van der Waals surface area contributed by atoms with E-state index in [9.17, 15) is 0 Å². The zero-order chi connectivity index (χ0) is 12.1. The van der Waals surface area contributed by atoms with E-state index in [1.807, 2.05) is 0 Å². The summed E-state index contributed by atoms with van der Waals surface area (Å²) in [5, 5.41) is 5.56. The third-order valence-corrected chi connectivity index (χ3v) is 3.77. The molecule has 0 saturated heterocycles. The van der Waals surface area contributed by atoms with Gasteiger partial charge in [0.05, 0.1) is 0 Å². The first-order valence-electron chi connectivity index (χ1n) is 6.16. The second kappa shape index (κ2) is 5.99. The summed E-state index contributed by atoms with van der Waals surface area (Å²) < 4.78 is 0. The maximum atomic E-state index is 3.44. The number of likely N-dealkylation sites (N-methyl/N-ethyl adjacent to an activating group) is 1. The minimum absolute atomic E-state index is 0.549. The average Bonchev–Trinajstić information content (AvgIpc) is 2.84. The Hall–Kier alpha value is -1.12. The van der Waals surface area contributed by atoms with Gasteiger partial charge in [-0.3, -0.25) is 0 Å². The maximum Gasteiger partial charge on any atom is 0.0342 e. The van der Waals surface area contributed by atoms with E-state index >= 15 is 0 Å². The molecule has 0 amide bonds. The van der Waals surface area contributed by atoms with E-state index in [1.54, 1.807) is 11.3 Å². The van der Waals surface area contributed by atoms with Crippen molar-refractivity contribution in [3.05, 3.63) is 47.3 Å². The van der Waals surface area contributed by atoms with E-state index < -0.39 is 0 Å². The molecule has 1 aromatic heterocycles. The Morgan fingerprint density at radius 2 is 1.94 bits per heavy atom. The van der Waals surface area contributed by atoms with Crippen molar-refractivity contribution in [3.63, 3.8) is 0 Å². The van der Waals surface area contributed by atoms with Gasteiger partial charge in [0, 0.05) is 10.9 Å². The first kappa shape index (κ1) is 12.3. The van der Waals surface area contributed by atoms with Gasteiger partial charge in [-0.15, -0.1) is 11.3 Å². The summed E-state index contributed by atoms with van der Waals surface area (Å²) in [7, 11) is 0. The van der Waals surface area contributed by atoms with Gasteiger partial charge in [0.1, 0.15) is 0 Å². The van der Waals surface area contributed by atoms with E-state index in [-0.39, 0.29) is 0 Å². The van der Waals surface area contributed by atoms with Gasteiger partial charge in [0.2, 0.25) is 0 Å². The molecule has 2 heteroatoms. The van der Waals surface area contributed by atoms with Crippen LogP contribution in [0.3, 0.4) is 0 Å². The van der Waals surface area contributed by atoms with E-state index in [0.717, 1.165) is 13.0 Å². The Morgan fingerprint density at radius 3 is 2.53 bits per heavy atom. The second-order valence-corrected chi connectivity index (χ2v) is 5.28. The third-order valence-electron chi connectivity index (χ3n) is 2.85. The Balaban J connectivity index is 2.03. The molecule has 1 N–H and O–H groups in total. The molecule has 0 aliphatic carbocycles. The van der Waals surface area contributed by atoms with Gasteiger partial charge in [0.15, 0.2) is 0 Å². The van der Waals surface area contributed by atoms with Crippen LogP contribution in [-0.4, -0.2) is 12.6 Å². The highest BCUT2D eigenvalue weighted by Gasteiger charge is 2.03.